The summed E-state index contributed by atoms with van der Waals surface area (Å²) in [6.07, 6.45) is 3.35. The largest absolute Gasteiger partial charge is 0.354 e. The predicted molar refractivity (Wildman–Crippen MR) is 61.4 cm³/mol. The average Bonchev–Trinajstić information content (AvgIpc) is 2.14. The van der Waals surface area contributed by atoms with E-state index in [1.54, 1.807) is 13.1 Å². The molecule has 0 aliphatic carbocycles. The Kier molecular flexibility index (Phi) is 6.96. The van der Waals surface area contributed by atoms with Crippen LogP contribution in [0.5, 0.6) is 0 Å². The molecule has 3 N–H and O–H groups in total. The number of amides is 1. The van der Waals surface area contributed by atoms with E-state index < -0.39 is 0 Å². The number of hydrogen-bond donors (Lipinski definition) is 2. The Balaban J connectivity index is 3.93. The lowest BCUT2D eigenvalue weighted by Gasteiger charge is -2.13. The van der Waals surface area contributed by atoms with Crippen molar-refractivity contribution in [1.29, 1.82) is 0 Å². The summed E-state index contributed by atoms with van der Waals surface area (Å²) in [5, 5.41) is 11.6. The highest BCUT2D eigenvalue weighted by Crippen LogP contribution is 1.90. The zero-order valence-corrected chi connectivity index (χ0v) is 9.47. The molecule has 0 rings (SSSR count). The lowest BCUT2D eigenvalue weighted by molar-refractivity contribution is -0.121. The van der Waals surface area contributed by atoms with Crippen molar-refractivity contribution in [2.75, 3.05) is 6.54 Å². The molecule has 0 saturated carbocycles. The minimum atomic E-state index is -0.00766. The Hall–Kier alpha value is -1.59. The van der Waals surface area contributed by atoms with Gasteiger partial charge in [0.15, 0.2) is 0 Å². The smallest absolute Gasteiger partial charge is 0.222 e. The first-order chi connectivity index (χ1) is 7.10. The van der Waals surface area contributed by atoms with E-state index in [2.05, 4.69) is 15.5 Å². The summed E-state index contributed by atoms with van der Waals surface area (Å²) in [5.41, 5.74) is 0. The number of hydrogen-bond acceptors (Lipinski definition) is 4. The number of hydrazone groups is 2. The van der Waals surface area contributed by atoms with Crippen LogP contribution < -0.4 is 11.2 Å². The first kappa shape index (κ1) is 13.4. The first-order valence-electron chi connectivity index (χ1n) is 4.88. The molecular weight excluding hydrogens is 194 g/mol. The van der Waals surface area contributed by atoms with Crippen LogP contribution in [0.1, 0.15) is 27.2 Å². The number of carbonyl (C=O) groups excluding carboxylic acids is 1. The van der Waals surface area contributed by atoms with Gasteiger partial charge in [0.1, 0.15) is 6.34 Å². The monoisotopic (exact) mass is 213 g/mol. The molecule has 0 radical (unpaired) electrons. The SMILES string of the molecule is C/C=N\N(/C=N\N)CCC(=O)NC(C)C. The number of rotatable bonds is 6. The van der Waals surface area contributed by atoms with E-state index in [0.29, 0.717) is 13.0 Å². The van der Waals surface area contributed by atoms with Crippen LogP contribution in [-0.4, -0.2) is 36.1 Å². The first-order valence-corrected chi connectivity index (χ1v) is 4.88. The normalized spacial score (nSPS) is 11.5. The minimum Gasteiger partial charge on any atom is -0.354 e. The second kappa shape index (κ2) is 7.78. The minimum absolute atomic E-state index is 0.00766. The molecule has 0 aromatic heterocycles. The molecule has 86 valence electrons. The standard InChI is InChI=1S/C9H19N5O/c1-4-12-14(7-11-10)6-5-9(15)13-8(2)3/h4,7-8H,5-6,10H2,1-3H3,(H,13,15)/b11-7-,12-4-. The van der Waals surface area contributed by atoms with E-state index in [-0.39, 0.29) is 11.9 Å². The molecule has 0 atom stereocenters. The molecule has 15 heavy (non-hydrogen) atoms. The third kappa shape index (κ3) is 7.48. The summed E-state index contributed by atoms with van der Waals surface area (Å²) in [6.45, 7) is 6.08. The van der Waals surface area contributed by atoms with Crippen molar-refractivity contribution in [3.05, 3.63) is 0 Å². The predicted octanol–water partition coefficient (Wildman–Crippen LogP) is 0.111. The van der Waals surface area contributed by atoms with Crippen LogP contribution in [-0.2, 0) is 4.79 Å². The molecule has 0 unspecified atom stereocenters. The van der Waals surface area contributed by atoms with Gasteiger partial charge in [-0.3, -0.25) is 9.80 Å². The fourth-order valence-corrected chi connectivity index (χ4v) is 0.981. The van der Waals surface area contributed by atoms with E-state index >= 15 is 0 Å². The lowest BCUT2D eigenvalue weighted by Crippen LogP contribution is -2.32. The molecule has 6 heteroatoms. The van der Waals surface area contributed by atoms with Gasteiger partial charge in [-0.05, 0) is 20.8 Å². The fourth-order valence-electron chi connectivity index (χ4n) is 0.981. The summed E-state index contributed by atoms with van der Waals surface area (Å²) >= 11 is 0. The van der Waals surface area contributed by atoms with E-state index in [0.717, 1.165) is 0 Å². The molecule has 0 aromatic carbocycles. The van der Waals surface area contributed by atoms with Crippen molar-refractivity contribution in [2.24, 2.45) is 16.0 Å². The molecule has 0 aliphatic heterocycles. The molecule has 1 amide bonds. The van der Waals surface area contributed by atoms with E-state index in [9.17, 15) is 4.79 Å². The summed E-state index contributed by atoms with van der Waals surface area (Å²) in [5.74, 6) is 4.99. The van der Waals surface area contributed by atoms with Gasteiger partial charge in [0.2, 0.25) is 5.91 Å². The number of nitrogens with two attached hydrogens (primary N) is 1. The van der Waals surface area contributed by atoms with Crippen molar-refractivity contribution < 1.29 is 4.79 Å². The van der Waals surface area contributed by atoms with Gasteiger partial charge in [-0.25, -0.2) is 0 Å². The molecule has 0 spiro atoms. The average molecular weight is 213 g/mol. The Labute approximate surface area is 90.2 Å². The quantitative estimate of drug-likeness (QED) is 0.284. The van der Waals surface area contributed by atoms with E-state index in [1.165, 1.54) is 11.3 Å². The highest BCUT2D eigenvalue weighted by atomic mass is 16.1. The van der Waals surface area contributed by atoms with Crippen molar-refractivity contribution >= 4 is 18.5 Å². The third-order valence-electron chi connectivity index (χ3n) is 1.48. The van der Waals surface area contributed by atoms with Gasteiger partial charge in [-0.2, -0.15) is 10.2 Å². The van der Waals surface area contributed by atoms with Crippen molar-refractivity contribution in [1.82, 2.24) is 10.3 Å². The van der Waals surface area contributed by atoms with Gasteiger partial charge in [-0.15, -0.1) is 0 Å². The molecule has 6 nitrogen and oxygen atoms in total. The van der Waals surface area contributed by atoms with Crippen molar-refractivity contribution in [3.63, 3.8) is 0 Å². The number of carbonyl (C=O) groups is 1. The van der Waals surface area contributed by atoms with E-state index in [4.69, 9.17) is 5.84 Å². The van der Waals surface area contributed by atoms with E-state index in [1.807, 2.05) is 13.8 Å². The van der Waals surface area contributed by atoms with Crippen molar-refractivity contribution in [3.8, 4) is 0 Å². The maximum absolute atomic E-state index is 11.3. The Bertz CT molecular complexity index is 225. The number of nitrogens with zero attached hydrogens (tertiary/aromatic N) is 3. The van der Waals surface area contributed by atoms with Gasteiger partial charge in [0, 0.05) is 18.7 Å². The second-order valence-corrected chi connectivity index (χ2v) is 3.27. The van der Waals surface area contributed by atoms with Crippen LogP contribution >= 0.6 is 0 Å². The van der Waals surface area contributed by atoms with Gasteiger partial charge in [-0.1, -0.05) is 0 Å². The van der Waals surface area contributed by atoms with Crippen LogP contribution in [0, 0.1) is 0 Å². The molecule has 0 heterocycles. The Morgan fingerprint density at radius 3 is 2.73 bits per heavy atom. The molecule has 0 saturated heterocycles. The maximum Gasteiger partial charge on any atom is 0.222 e. The maximum atomic E-state index is 11.3. The molecule has 0 aromatic rings. The zero-order chi connectivity index (χ0) is 11.7. The number of nitrogens with one attached hydrogen (secondary N) is 1. The second-order valence-electron chi connectivity index (χ2n) is 3.27. The van der Waals surface area contributed by atoms with Crippen LogP contribution in [0.4, 0.5) is 0 Å². The lowest BCUT2D eigenvalue weighted by atomic mass is 10.3. The summed E-state index contributed by atoms with van der Waals surface area (Å²) in [7, 11) is 0. The highest BCUT2D eigenvalue weighted by molar-refractivity contribution is 5.76. The Morgan fingerprint density at radius 2 is 2.27 bits per heavy atom. The van der Waals surface area contributed by atoms with Crippen LogP contribution in [0.25, 0.3) is 0 Å². The Morgan fingerprint density at radius 1 is 1.60 bits per heavy atom. The van der Waals surface area contributed by atoms with Gasteiger partial charge >= 0.3 is 0 Å². The zero-order valence-electron chi connectivity index (χ0n) is 9.47. The third-order valence-corrected chi connectivity index (χ3v) is 1.48. The molecule has 0 bridgehead atoms. The topological polar surface area (TPSA) is 83.1 Å². The van der Waals surface area contributed by atoms with Crippen molar-refractivity contribution in [2.45, 2.75) is 33.2 Å². The molecule has 0 fully saturated rings. The molecule has 0 aliphatic rings. The highest BCUT2D eigenvalue weighted by Gasteiger charge is 2.05. The molecular formula is C9H19N5O. The van der Waals surface area contributed by atoms with Crippen LogP contribution in [0.15, 0.2) is 10.2 Å². The fraction of sp³-hybridized carbons (Fsp3) is 0.667. The summed E-state index contributed by atoms with van der Waals surface area (Å²) in [4.78, 5) is 11.3. The van der Waals surface area contributed by atoms with Gasteiger partial charge in [0.25, 0.3) is 0 Å². The van der Waals surface area contributed by atoms with Crippen LogP contribution in [0.2, 0.25) is 0 Å². The van der Waals surface area contributed by atoms with Gasteiger partial charge < -0.3 is 11.2 Å². The summed E-state index contributed by atoms with van der Waals surface area (Å²) in [6, 6.07) is 0.156. The summed E-state index contributed by atoms with van der Waals surface area (Å²) < 4.78 is 0. The van der Waals surface area contributed by atoms with Crippen LogP contribution in [0.3, 0.4) is 0 Å². The van der Waals surface area contributed by atoms with Gasteiger partial charge in [0.05, 0.1) is 6.54 Å².